The minimum absolute atomic E-state index is 0.0521. The van der Waals surface area contributed by atoms with Crippen LogP contribution in [0.15, 0.2) is 18.3 Å². The summed E-state index contributed by atoms with van der Waals surface area (Å²) < 4.78 is 5.63. The molecule has 0 spiro atoms. The topological polar surface area (TPSA) is 42.4 Å². The Morgan fingerprint density at radius 1 is 1.43 bits per heavy atom. The summed E-state index contributed by atoms with van der Waals surface area (Å²) in [4.78, 5) is 18.2. The Morgan fingerprint density at radius 2 is 2.19 bits per heavy atom. The van der Waals surface area contributed by atoms with Crippen LogP contribution in [-0.2, 0) is 21.5 Å². The van der Waals surface area contributed by atoms with E-state index in [-0.39, 0.29) is 17.4 Å². The van der Waals surface area contributed by atoms with Crippen molar-refractivity contribution in [1.29, 1.82) is 0 Å². The van der Waals surface area contributed by atoms with Gasteiger partial charge in [-0.15, -0.1) is 0 Å². The van der Waals surface area contributed by atoms with Gasteiger partial charge in [0.05, 0.1) is 6.10 Å². The maximum atomic E-state index is 11.8. The third-order valence-corrected chi connectivity index (χ3v) is 3.86. The van der Waals surface area contributed by atoms with Gasteiger partial charge in [0.15, 0.2) is 0 Å². The van der Waals surface area contributed by atoms with Crippen molar-refractivity contribution in [2.45, 2.75) is 58.6 Å². The second kappa shape index (κ2) is 6.56. The fourth-order valence-electron chi connectivity index (χ4n) is 2.52. The first kappa shape index (κ1) is 16.0. The maximum Gasteiger partial charge on any atom is 0.219 e. The highest BCUT2D eigenvalue weighted by atomic mass is 16.5. The first-order chi connectivity index (χ1) is 9.86. The average Bonchev–Trinajstić information content (AvgIpc) is 2.90. The molecule has 1 aliphatic heterocycles. The summed E-state index contributed by atoms with van der Waals surface area (Å²) in [5.41, 5.74) is 2.19. The number of carbonyl (C=O) groups is 1. The predicted molar refractivity (Wildman–Crippen MR) is 83.0 cm³/mol. The van der Waals surface area contributed by atoms with Gasteiger partial charge in [-0.05, 0) is 24.5 Å². The van der Waals surface area contributed by atoms with Crippen LogP contribution in [0.1, 0.15) is 51.8 Å². The molecule has 4 heteroatoms. The van der Waals surface area contributed by atoms with Crippen LogP contribution in [-0.4, -0.2) is 35.0 Å². The number of amides is 1. The van der Waals surface area contributed by atoms with Gasteiger partial charge in [-0.2, -0.15) is 0 Å². The lowest BCUT2D eigenvalue weighted by molar-refractivity contribution is -0.131. The van der Waals surface area contributed by atoms with Gasteiger partial charge in [0, 0.05) is 43.9 Å². The van der Waals surface area contributed by atoms with Gasteiger partial charge < -0.3 is 9.64 Å². The van der Waals surface area contributed by atoms with Crippen LogP contribution < -0.4 is 0 Å². The number of aromatic nitrogens is 1. The van der Waals surface area contributed by atoms with Crippen molar-refractivity contribution in [2.75, 3.05) is 13.2 Å². The monoisotopic (exact) mass is 290 g/mol. The molecule has 0 aromatic carbocycles. The van der Waals surface area contributed by atoms with Crippen LogP contribution >= 0.6 is 0 Å². The molecule has 1 amide bonds. The van der Waals surface area contributed by atoms with E-state index in [4.69, 9.17) is 4.74 Å². The van der Waals surface area contributed by atoms with Crippen molar-refractivity contribution in [3.8, 4) is 0 Å². The fourth-order valence-corrected chi connectivity index (χ4v) is 2.52. The normalized spacial score (nSPS) is 18.8. The lowest BCUT2D eigenvalue weighted by Gasteiger charge is -2.24. The second-order valence-electron chi connectivity index (χ2n) is 6.84. The Balaban J connectivity index is 2.01. The van der Waals surface area contributed by atoms with Crippen molar-refractivity contribution >= 4 is 5.91 Å². The zero-order chi connectivity index (χ0) is 15.5. The van der Waals surface area contributed by atoms with Crippen molar-refractivity contribution in [3.05, 3.63) is 29.6 Å². The molecule has 0 N–H and O–H groups in total. The quantitative estimate of drug-likeness (QED) is 0.856. The molecule has 0 saturated carbocycles. The Kier molecular flexibility index (Phi) is 4.99. The number of hydrogen-bond donors (Lipinski definition) is 0. The third kappa shape index (κ3) is 4.53. The standard InChI is InChI=1S/C17H26N2O2/c1-13(20)19(12-15-6-5-9-21-15)11-14-7-8-16(18-10-14)17(2,3)4/h7-8,10,15H,5-6,9,11-12H2,1-4H3/t15-/m1/s1. The highest BCUT2D eigenvalue weighted by molar-refractivity contribution is 5.73. The minimum atomic E-state index is 0.0521. The number of rotatable bonds is 4. The summed E-state index contributed by atoms with van der Waals surface area (Å²) in [7, 11) is 0. The number of pyridine rings is 1. The molecule has 1 aromatic rings. The second-order valence-corrected chi connectivity index (χ2v) is 6.84. The smallest absolute Gasteiger partial charge is 0.219 e. The molecule has 2 rings (SSSR count). The molecule has 1 aromatic heterocycles. The van der Waals surface area contributed by atoms with E-state index in [1.54, 1.807) is 6.92 Å². The third-order valence-electron chi connectivity index (χ3n) is 3.86. The molecule has 1 fully saturated rings. The van der Waals surface area contributed by atoms with Crippen LogP contribution in [0.2, 0.25) is 0 Å². The summed E-state index contributed by atoms with van der Waals surface area (Å²) in [6, 6.07) is 4.12. The lowest BCUT2D eigenvalue weighted by atomic mass is 9.91. The molecule has 116 valence electrons. The van der Waals surface area contributed by atoms with Crippen LogP contribution in [0.5, 0.6) is 0 Å². The van der Waals surface area contributed by atoms with Crippen molar-refractivity contribution < 1.29 is 9.53 Å². The van der Waals surface area contributed by atoms with E-state index < -0.39 is 0 Å². The largest absolute Gasteiger partial charge is 0.376 e. The van der Waals surface area contributed by atoms with E-state index in [9.17, 15) is 4.79 Å². The van der Waals surface area contributed by atoms with Gasteiger partial charge in [-0.3, -0.25) is 9.78 Å². The highest BCUT2D eigenvalue weighted by Gasteiger charge is 2.21. The van der Waals surface area contributed by atoms with E-state index in [2.05, 4.69) is 37.9 Å². The number of hydrogen-bond acceptors (Lipinski definition) is 3. The number of carbonyl (C=O) groups excluding carboxylic acids is 1. The number of ether oxygens (including phenoxy) is 1. The Bertz CT molecular complexity index is 471. The summed E-state index contributed by atoms with van der Waals surface area (Å²) in [6.07, 6.45) is 4.21. The molecule has 0 bridgehead atoms. The Morgan fingerprint density at radius 3 is 2.67 bits per heavy atom. The highest BCUT2D eigenvalue weighted by Crippen LogP contribution is 2.20. The molecule has 2 heterocycles. The predicted octanol–water partition coefficient (Wildman–Crippen LogP) is 2.91. The molecule has 1 saturated heterocycles. The van der Waals surface area contributed by atoms with E-state index in [1.807, 2.05) is 11.1 Å². The lowest BCUT2D eigenvalue weighted by Crippen LogP contribution is -2.35. The van der Waals surface area contributed by atoms with Crippen LogP contribution in [0, 0.1) is 0 Å². The average molecular weight is 290 g/mol. The molecule has 21 heavy (non-hydrogen) atoms. The van der Waals surface area contributed by atoms with Gasteiger partial charge in [0.25, 0.3) is 0 Å². The summed E-state index contributed by atoms with van der Waals surface area (Å²) in [6.45, 7) is 10.2. The minimum Gasteiger partial charge on any atom is -0.376 e. The molecule has 4 nitrogen and oxygen atoms in total. The molecule has 0 radical (unpaired) electrons. The summed E-state index contributed by atoms with van der Waals surface area (Å²) in [5, 5.41) is 0. The Labute approximate surface area is 127 Å². The molecule has 0 unspecified atom stereocenters. The van der Waals surface area contributed by atoms with Gasteiger partial charge in [-0.25, -0.2) is 0 Å². The first-order valence-corrected chi connectivity index (χ1v) is 7.69. The first-order valence-electron chi connectivity index (χ1n) is 7.69. The van der Waals surface area contributed by atoms with Gasteiger partial charge >= 0.3 is 0 Å². The maximum absolute atomic E-state index is 11.8. The van der Waals surface area contributed by atoms with E-state index >= 15 is 0 Å². The fraction of sp³-hybridized carbons (Fsp3) is 0.647. The number of nitrogens with zero attached hydrogens (tertiary/aromatic N) is 2. The zero-order valence-electron chi connectivity index (χ0n) is 13.6. The van der Waals surface area contributed by atoms with Crippen LogP contribution in [0.25, 0.3) is 0 Å². The molecular weight excluding hydrogens is 264 g/mol. The van der Waals surface area contributed by atoms with Gasteiger partial charge in [0.1, 0.15) is 0 Å². The molecule has 1 atom stereocenters. The van der Waals surface area contributed by atoms with Crippen LogP contribution in [0.4, 0.5) is 0 Å². The summed E-state index contributed by atoms with van der Waals surface area (Å²) in [5.74, 6) is 0.0883. The SMILES string of the molecule is CC(=O)N(Cc1ccc(C(C)(C)C)nc1)C[C@H]1CCCO1. The summed E-state index contributed by atoms with van der Waals surface area (Å²) >= 11 is 0. The van der Waals surface area contributed by atoms with E-state index in [0.717, 1.165) is 30.7 Å². The van der Waals surface area contributed by atoms with Crippen molar-refractivity contribution in [3.63, 3.8) is 0 Å². The van der Waals surface area contributed by atoms with E-state index in [1.165, 1.54) is 0 Å². The van der Waals surface area contributed by atoms with Crippen molar-refractivity contribution in [2.24, 2.45) is 0 Å². The molecule has 0 aliphatic carbocycles. The van der Waals surface area contributed by atoms with Gasteiger partial charge in [0.2, 0.25) is 5.91 Å². The van der Waals surface area contributed by atoms with Gasteiger partial charge in [-0.1, -0.05) is 26.8 Å². The molecule has 1 aliphatic rings. The van der Waals surface area contributed by atoms with Crippen LogP contribution in [0.3, 0.4) is 0 Å². The van der Waals surface area contributed by atoms with Crippen molar-refractivity contribution in [1.82, 2.24) is 9.88 Å². The Hall–Kier alpha value is -1.42. The molecular formula is C17H26N2O2. The zero-order valence-corrected chi connectivity index (χ0v) is 13.6. The van der Waals surface area contributed by atoms with E-state index in [0.29, 0.717) is 13.1 Å².